The molecule has 3 unspecified atom stereocenters. The third-order valence-corrected chi connectivity index (χ3v) is 14.4. The molecule has 0 rings (SSSR count). The number of hydrogen-bond donors (Lipinski definition) is 2. The van der Waals surface area contributed by atoms with Crippen LogP contribution in [-0.2, 0) is 18.4 Å². The van der Waals surface area contributed by atoms with Gasteiger partial charge in [0.15, 0.2) is 0 Å². The Bertz CT molecular complexity index is 1400. The highest BCUT2D eigenvalue weighted by atomic mass is 31.2. The smallest absolute Gasteiger partial charge is 0.268 e. The Labute approximate surface area is 446 Å². The largest absolute Gasteiger partial charge is 0.756 e. The fraction of sp³-hybridized carbons (Fsp3) is 0.794. The van der Waals surface area contributed by atoms with E-state index in [1.807, 2.05) is 27.2 Å². The van der Waals surface area contributed by atoms with Gasteiger partial charge in [-0.05, 0) is 64.2 Å². The summed E-state index contributed by atoms with van der Waals surface area (Å²) < 4.78 is 23.3. The van der Waals surface area contributed by atoms with Gasteiger partial charge in [0.2, 0.25) is 5.91 Å². The zero-order valence-electron chi connectivity index (χ0n) is 47.9. The molecular formula is C63H117N2O6P. The van der Waals surface area contributed by atoms with Crippen LogP contribution < -0.4 is 10.2 Å². The summed E-state index contributed by atoms with van der Waals surface area (Å²) in [4.78, 5) is 25.4. The third kappa shape index (κ3) is 55.7. The van der Waals surface area contributed by atoms with Crippen molar-refractivity contribution in [3.8, 4) is 0 Å². The lowest BCUT2D eigenvalue weighted by molar-refractivity contribution is -0.870. The lowest BCUT2D eigenvalue weighted by Gasteiger charge is -2.29. The SMILES string of the molecule is CC/C=C\C/C=C\C/C=C\C/C=C\C/C=C\CCCCCCCCCCCCCCCCCCCCCCCCCC(=O)NC(COP(=O)([O-])OCC[N+](C)(C)C)C(O)/C=C/CCCCCCCCCCC. The summed E-state index contributed by atoms with van der Waals surface area (Å²) in [5.74, 6) is -0.196. The average molecular weight is 1030 g/mol. The van der Waals surface area contributed by atoms with E-state index < -0.39 is 20.0 Å². The first-order valence-corrected chi connectivity index (χ1v) is 31.8. The highest BCUT2D eigenvalue weighted by molar-refractivity contribution is 7.45. The zero-order chi connectivity index (χ0) is 52.7. The molecule has 0 saturated carbocycles. The number of nitrogens with zero attached hydrogens (tertiary/aromatic N) is 1. The molecule has 3 atom stereocenters. The van der Waals surface area contributed by atoms with Crippen molar-refractivity contribution in [2.75, 3.05) is 40.9 Å². The summed E-state index contributed by atoms with van der Waals surface area (Å²) in [6, 6.07) is -0.885. The minimum absolute atomic E-state index is 0.000882. The second-order valence-electron chi connectivity index (χ2n) is 21.7. The molecule has 0 aliphatic rings. The van der Waals surface area contributed by atoms with Crippen LogP contribution in [0, 0.1) is 0 Å². The average Bonchev–Trinajstić information content (AvgIpc) is 3.34. The van der Waals surface area contributed by atoms with Crippen LogP contribution in [0.3, 0.4) is 0 Å². The van der Waals surface area contributed by atoms with Crippen LogP contribution in [0.5, 0.6) is 0 Å². The van der Waals surface area contributed by atoms with Crippen molar-refractivity contribution < 1.29 is 32.9 Å². The van der Waals surface area contributed by atoms with Crippen LogP contribution in [0.1, 0.15) is 271 Å². The molecule has 9 heteroatoms. The number of phosphoric ester groups is 1. The summed E-state index contributed by atoms with van der Waals surface area (Å²) in [6.07, 6.45) is 74.4. The lowest BCUT2D eigenvalue weighted by atomic mass is 10.0. The molecule has 0 fully saturated rings. The van der Waals surface area contributed by atoms with Gasteiger partial charge >= 0.3 is 0 Å². The van der Waals surface area contributed by atoms with Crippen molar-refractivity contribution >= 4 is 13.7 Å². The van der Waals surface area contributed by atoms with Gasteiger partial charge in [-0.15, -0.1) is 0 Å². The summed E-state index contributed by atoms with van der Waals surface area (Å²) in [5.41, 5.74) is 0. The fourth-order valence-corrected chi connectivity index (χ4v) is 9.43. The molecule has 0 aliphatic carbocycles. The van der Waals surface area contributed by atoms with Gasteiger partial charge in [-0.3, -0.25) is 9.36 Å². The Morgan fingerprint density at radius 2 is 0.847 bits per heavy atom. The number of aliphatic hydroxyl groups excluding tert-OH is 1. The Morgan fingerprint density at radius 3 is 1.24 bits per heavy atom. The number of nitrogens with one attached hydrogen (secondary N) is 1. The number of allylic oxidation sites excluding steroid dienone is 11. The number of phosphoric acid groups is 1. The number of rotatable bonds is 55. The third-order valence-electron chi connectivity index (χ3n) is 13.4. The monoisotopic (exact) mass is 1030 g/mol. The molecule has 0 aromatic heterocycles. The van der Waals surface area contributed by atoms with E-state index in [2.05, 4.69) is 79.9 Å². The number of likely N-dealkylation sites (N-methyl/N-ethyl adjacent to an activating group) is 1. The number of carbonyl (C=O) groups is 1. The standard InChI is InChI=1S/C63H117N2O6P/c1-6-8-10-12-14-16-18-19-20-21-22-23-24-25-26-27-28-29-30-31-32-33-34-35-36-37-38-39-40-41-42-43-44-45-47-49-51-53-55-57-63(67)64-61(60-71-72(68,69)70-59-58-65(3,4)5)62(66)56-54-52-50-48-46-17-15-13-11-9-7-2/h8,10,14,16,19-20,22-23,25-26,54,56,61-62,66H,6-7,9,11-13,15,17-18,21,24,27-53,55,57-60H2,1-5H3,(H-,64,67,68,69)/b10-8-,16-14-,20-19-,23-22-,26-25-,56-54+. The maximum absolute atomic E-state index is 12.9. The molecule has 0 aromatic carbocycles. The zero-order valence-corrected chi connectivity index (χ0v) is 48.8. The van der Waals surface area contributed by atoms with Crippen molar-refractivity contribution in [3.63, 3.8) is 0 Å². The first kappa shape index (κ1) is 69.9. The van der Waals surface area contributed by atoms with E-state index in [4.69, 9.17) is 9.05 Å². The maximum atomic E-state index is 12.9. The van der Waals surface area contributed by atoms with Gasteiger partial charge in [-0.1, -0.05) is 273 Å². The van der Waals surface area contributed by atoms with Crippen LogP contribution in [0.15, 0.2) is 72.9 Å². The van der Waals surface area contributed by atoms with Crippen molar-refractivity contribution in [3.05, 3.63) is 72.9 Å². The summed E-state index contributed by atoms with van der Waals surface area (Å²) in [6.45, 7) is 4.53. The molecule has 0 aliphatic heterocycles. The molecule has 2 N–H and O–H groups in total. The molecule has 0 spiro atoms. The number of amides is 1. The predicted octanol–water partition coefficient (Wildman–Crippen LogP) is 18.0. The molecule has 0 aromatic rings. The van der Waals surface area contributed by atoms with Gasteiger partial charge in [-0.25, -0.2) is 0 Å². The van der Waals surface area contributed by atoms with Crippen LogP contribution >= 0.6 is 7.82 Å². The summed E-state index contributed by atoms with van der Waals surface area (Å²) in [7, 11) is 1.27. The number of hydrogen-bond acceptors (Lipinski definition) is 6. The first-order chi connectivity index (χ1) is 35.0. The van der Waals surface area contributed by atoms with E-state index in [0.29, 0.717) is 17.4 Å². The van der Waals surface area contributed by atoms with Gasteiger partial charge in [0, 0.05) is 6.42 Å². The van der Waals surface area contributed by atoms with E-state index in [0.717, 1.165) is 70.6 Å². The second kappa shape index (κ2) is 53.8. The molecule has 0 heterocycles. The molecule has 8 nitrogen and oxygen atoms in total. The number of carbonyl (C=O) groups excluding carboxylic acids is 1. The van der Waals surface area contributed by atoms with Gasteiger partial charge in [0.05, 0.1) is 39.9 Å². The molecule has 0 radical (unpaired) electrons. The van der Waals surface area contributed by atoms with Gasteiger partial charge in [-0.2, -0.15) is 0 Å². The van der Waals surface area contributed by atoms with Crippen molar-refractivity contribution in [1.82, 2.24) is 5.32 Å². The van der Waals surface area contributed by atoms with Crippen molar-refractivity contribution in [2.24, 2.45) is 0 Å². The van der Waals surface area contributed by atoms with Gasteiger partial charge < -0.3 is 28.8 Å². The molecule has 420 valence electrons. The molecule has 0 bridgehead atoms. The Kier molecular flexibility index (Phi) is 52.2. The Morgan fingerprint density at radius 1 is 0.500 bits per heavy atom. The van der Waals surface area contributed by atoms with Crippen molar-refractivity contribution in [2.45, 2.75) is 283 Å². The summed E-state index contributed by atoms with van der Waals surface area (Å²) in [5, 5.41) is 13.8. The second-order valence-corrected chi connectivity index (χ2v) is 23.1. The molecule has 72 heavy (non-hydrogen) atoms. The normalized spacial score (nSPS) is 14.4. The minimum atomic E-state index is -4.59. The van der Waals surface area contributed by atoms with Crippen LogP contribution in [0.2, 0.25) is 0 Å². The number of aliphatic hydroxyl groups is 1. The quantitative estimate of drug-likeness (QED) is 0.0272. The van der Waals surface area contributed by atoms with E-state index >= 15 is 0 Å². The Balaban J connectivity index is 3.87. The molecule has 1 amide bonds. The van der Waals surface area contributed by atoms with Crippen LogP contribution in [0.4, 0.5) is 0 Å². The van der Waals surface area contributed by atoms with Gasteiger partial charge in [0.1, 0.15) is 13.2 Å². The first-order valence-electron chi connectivity index (χ1n) is 30.3. The maximum Gasteiger partial charge on any atom is 0.268 e. The molecular weight excluding hydrogens is 912 g/mol. The van der Waals surface area contributed by atoms with E-state index in [9.17, 15) is 19.4 Å². The van der Waals surface area contributed by atoms with Crippen LogP contribution in [-0.4, -0.2) is 68.5 Å². The highest BCUT2D eigenvalue weighted by Crippen LogP contribution is 2.38. The number of unbranched alkanes of at least 4 members (excludes halogenated alkanes) is 32. The summed E-state index contributed by atoms with van der Waals surface area (Å²) >= 11 is 0. The van der Waals surface area contributed by atoms with Gasteiger partial charge in [0.25, 0.3) is 7.82 Å². The van der Waals surface area contributed by atoms with Crippen molar-refractivity contribution in [1.29, 1.82) is 0 Å². The molecule has 0 saturated heterocycles. The van der Waals surface area contributed by atoms with E-state index in [1.165, 1.54) is 180 Å². The number of quaternary nitrogens is 1. The van der Waals surface area contributed by atoms with Crippen LogP contribution in [0.25, 0.3) is 0 Å². The Hall–Kier alpha value is -2.06. The fourth-order valence-electron chi connectivity index (χ4n) is 8.71. The minimum Gasteiger partial charge on any atom is -0.756 e. The predicted molar refractivity (Wildman–Crippen MR) is 311 cm³/mol. The van der Waals surface area contributed by atoms with E-state index in [1.54, 1.807) is 6.08 Å². The lowest BCUT2D eigenvalue weighted by Crippen LogP contribution is -2.45. The van der Waals surface area contributed by atoms with E-state index in [-0.39, 0.29) is 19.1 Å². The highest BCUT2D eigenvalue weighted by Gasteiger charge is 2.23. The topological polar surface area (TPSA) is 108 Å².